The molecular formula is C24H26N12. The van der Waals surface area contributed by atoms with Crippen LogP contribution >= 0.6 is 0 Å². The first-order valence-electron chi connectivity index (χ1n) is 12.0. The Labute approximate surface area is 207 Å². The van der Waals surface area contributed by atoms with Crippen molar-refractivity contribution in [1.82, 2.24) is 49.5 Å². The standard InChI is InChI=1S/C24H26N12/c1-3-17-10-27-24(28-11-17)34-8-6-18(7-9-34)21-13-26-23-20(12-25-14-35(21)23)31-19-4-5-22(30-16(19)2)36-15-29-32-33-36/h4-5,10-15,18,31H,3,6-9H2,1-2H3. The summed E-state index contributed by atoms with van der Waals surface area (Å²) in [4.78, 5) is 25.2. The molecule has 0 saturated carbocycles. The van der Waals surface area contributed by atoms with E-state index < -0.39 is 0 Å². The Morgan fingerprint density at radius 3 is 2.53 bits per heavy atom. The molecule has 1 aliphatic rings. The van der Waals surface area contributed by atoms with Crippen LogP contribution in [-0.2, 0) is 6.42 Å². The van der Waals surface area contributed by atoms with Crippen LogP contribution in [0.4, 0.5) is 17.3 Å². The highest BCUT2D eigenvalue weighted by Gasteiger charge is 2.25. The second kappa shape index (κ2) is 9.29. The number of nitrogens with zero attached hydrogens (tertiary/aromatic N) is 11. The third kappa shape index (κ3) is 4.10. The van der Waals surface area contributed by atoms with Crippen molar-refractivity contribution in [1.29, 1.82) is 0 Å². The summed E-state index contributed by atoms with van der Waals surface area (Å²) in [7, 11) is 0. The first kappa shape index (κ1) is 22.0. The molecule has 0 aromatic carbocycles. The molecular weight excluding hydrogens is 456 g/mol. The Bertz CT molecular complexity index is 1470. The quantitative estimate of drug-likeness (QED) is 0.386. The number of anilines is 3. The largest absolute Gasteiger partial charge is 0.350 e. The molecule has 1 saturated heterocycles. The average molecular weight is 483 g/mol. The zero-order chi connectivity index (χ0) is 24.5. The summed E-state index contributed by atoms with van der Waals surface area (Å²) in [6, 6.07) is 3.82. The van der Waals surface area contributed by atoms with Gasteiger partial charge < -0.3 is 10.2 Å². The smallest absolute Gasteiger partial charge is 0.225 e. The fraction of sp³-hybridized carbons (Fsp3) is 0.333. The molecule has 12 nitrogen and oxygen atoms in total. The highest BCUT2D eigenvalue weighted by atomic mass is 15.5. The lowest BCUT2D eigenvalue weighted by atomic mass is 9.94. The molecule has 6 rings (SSSR count). The molecule has 1 N–H and O–H groups in total. The van der Waals surface area contributed by atoms with Crippen LogP contribution < -0.4 is 10.2 Å². The van der Waals surface area contributed by atoms with E-state index in [1.54, 1.807) is 6.20 Å². The maximum Gasteiger partial charge on any atom is 0.225 e. The Morgan fingerprint density at radius 2 is 1.81 bits per heavy atom. The van der Waals surface area contributed by atoms with E-state index in [1.165, 1.54) is 16.7 Å². The summed E-state index contributed by atoms with van der Waals surface area (Å²) >= 11 is 0. The minimum atomic E-state index is 0.391. The van der Waals surface area contributed by atoms with E-state index in [0.717, 1.165) is 66.6 Å². The Morgan fingerprint density at radius 1 is 0.972 bits per heavy atom. The number of imidazole rings is 1. The van der Waals surface area contributed by atoms with Crippen molar-refractivity contribution in [3.8, 4) is 5.82 Å². The van der Waals surface area contributed by atoms with Crippen molar-refractivity contribution in [2.24, 2.45) is 0 Å². The monoisotopic (exact) mass is 482 g/mol. The molecule has 0 radical (unpaired) electrons. The molecule has 5 aromatic heterocycles. The van der Waals surface area contributed by atoms with Crippen LogP contribution in [0.25, 0.3) is 11.5 Å². The highest BCUT2D eigenvalue weighted by molar-refractivity contribution is 5.74. The van der Waals surface area contributed by atoms with E-state index in [2.05, 4.69) is 57.0 Å². The van der Waals surface area contributed by atoms with E-state index >= 15 is 0 Å². The number of rotatable bonds is 6. The van der Waals surface area contributed by atoms with Gasteiger partial charge in [0.1, 0.15) is 18.3 Å². The van der Waals surface area contributed by atoms with Crippen LogP contribution in [0.5, 0.6) is 0 Å². The van der Waals surface area contributed by atoms with Crippen molar-refractivity contribution in [2.75, 3.05) is 23.3 Å². The minimum absolute atomic E-state index is 0.391. The van der Waals surface area contributed by atoms with Gasteiger partial charge in [-0.25, -0.2) is 24.9 Å². The molecule has 1 fully saturated rings. The lowest BCUT2D eigenvalue weighted by molar-refractivity contribution is 0.488. The van der Waals surface area contributed by atoms with Crippen LogP contribution in [0, 0.1) is 6.92 Å². The number of hydrogen-bond donors (Lipinski definition) is 1. The van der Waals surface area contributed by atoms with Crippen molar-refractivity contribution in [2.45, 2.75) is 39.0 Å². The molecule has 5 aromatic rings. The number of pyridine rings is 1. The van der Waals surface area contributed by atoms with Gasteiger partial charge in [-0.2, -0.15) is 4.68 Å². The zero-order valence-electron chi connectivity index (χ0n) is 20.2. The van der Waals surface area contributed by atoms with Crippen molar-refractivity contribution in [3.05, 3.63) is 66.5 Å². The van der Waals surface area contributed by atoms with E-state index in [1.807, 2.05) is 44.0 Å². The average Bonchev–Trinajstić information content (AvgIpc) is 3.61. The lowest BCUT2D eigenvalue weighted by Crippen LogP contribution is -2.34. The number of tetrazole rings is 1. The second-order valence-corrected chi connectivity index (χ2v) is 8.87. The maximum absolute atomic E-state index is 4.75. The van der Waals surface area contributed by atoms with Crippen LogP contribution in [0.2, 0.25) is 0 Å². The van der Waals surface area contributed by atoms with Crippen LogP contribution in [0.15, 0.2) is 49.6 Å². The lowest BCUT2D eigenvalue weighted by Gasteiger charge is -2.31. The maximum atomic E-state index is 4.75. The molecule has 0 spiro atoms. The third-order valence-electron chi connectivity index (χ3n) is 6.67. The number of aryl methyl sites for hydroxylation is 2. The van der Waals surface area contributed by atoms with E-state index in [0.29, 0.717) is 11.7 Å². The normalized spacial score (nSPS) is 14.4. The van der Waals surface area contributed by atoms with Gasteiger partial charge in [-0.15, -0.1) is 5.10 Å². The molecule has 6 heterocycles. The van der Waals surface area contributed by atoms with Gasteiger partial charge in [-0.1, -0.05) is 6.92 Å². The van der Waals surface area contributed by atoms with Gasteiger partial charge in [0.2, 0.25) is 5.95 Å². The van der Waals surface area contributed by atoms with Gasteiger partial charge >= 0.3 is 0 Å². The van der Waals surface area contributed by atoms with E-state index in [4.69, 9.17) is 4.98 Å². The van der Waals surface area contributed by atoms with Crippen molar-refractivity contribution < 1.29 is 0 Å². The van der Waals surface area contributed by atoms with Crippen molar-refractivity contribution in [3.63, 3.8) is 0 Å². The van der Waals surface area contributed by atoms with E-state index in [9.17, 15) is 0 Å². The van der Waals surface area contributed by atoms with Gasteiger partial charge in [0.15, 0.2) is 11.5 Å². The predicted molar refractivity (Wildman–Crippen MR) is 134 cm³/mol. The molecule has 36 heavy (non-hydrogen) atoms. The Hall–Kier alpha value is -4.48. The predicted octanol–water partition coefficient (Wildman–Crippen LogP) is 2.89. The van der Waals surface area contributed by atoms with Gasteiger partial charge in [0.05, 0.1) is 17.6 Å². The summed E-state index contributed by atoms with van der Waals surface area (Å²) in [5.41, 5.74) is 5.68. The SMILES string of the molecule is CCc1cnc(N2CCC(c3cnc4c(Nc5ccc(-n6cnnn6)nc5C)cncn34)CC2)nc1. The summed E-state index contributed by atoms with van der Waals surface area (Å²) in [5.74, 6) is 1.86. The second-order valence-electron chi connectivity index (χ2n) is 8.87. The first-order valence-corrected chi connectivity index (χ1v) is 12.0. The molecule has 0 bridgehead atoms. The van der Waals surface area contributed by atoms with Crippen LogP contribution in [0.3, 0.4) is 0 Å². The molecule has 0 aliphatic carbocycles. The Balaban J connectivity index is 1.19. The summed E-state index contributed by atoms with van der Waals surface area (Å²) < 4.78 is 3.62. The Kier molecular flexibility index (Phi) is 5.68. The first-order chi connectivity index (χ1) is 17.7. The number of nitrogens with one attached hydrogen (secondary N) is 1. The third-order valence-corrected chi connectivity index (χ3v) is 6.67. The molecule has 0 atom stereocenters. The fourth-order valence-electron chi connectivity index (χ4n) is 4.61. The van der Waals surface area contributed by atoms with Crippen molar-refractivity contribution >= 4 is 23.0 Å². The van der Waals surface area contributed by atoms with Gasteiger partial charge in [0, 0.05) is 43.3 Å². The molecule has 182 valence electrons. The molecule has 0 amide bonds. The summed E-state index contributed by atoms with van der Waals surface area (Å²) in [6.45, 7) is 5.87. The van der Waals surface area contributed by atoms with Gasteiger partial charge in [-0.3, -0.25) is 4.40 Å². The van der Waals surface area contributed by atoms with E-state index in [-0.39, 0.29) is 0 Å². The zero-order valence-corrected chi connectivity index (χ0v) is 20.2. The number of hydrogen-bond acceptors (Lipinski definition) is 10. The molecule has 12 heteroatoms. The van der Waals surface area contributed by atoms with Gasteiger partial charge in [-0.05, 0) is 54.3 Å². The van der Waals surface area contributed by atoms with Crippen LogP contribution in [-0.4, -0.2) is 62.6 Å². The molecule has 1 aliphatic heterocycles. The number of fused-ring (bicyclic) bond motifs is 1. The molecule has 0 unspecified atom stereocenters. The number of aromatic nitrogens is 10. The fourth-order valence-corrected chi connectivity index (χ4v) is 4.61. The highest BCUT2D eigenvalue weighted by Crippen LogP contribution is 2.31. The van der Waals surface area contributed by atoms with Gasteiger partial charge in [0.25, 0.3) is 0 Å². The topological polar surface area (TPSA) is 128 Å². The van der Waals surface area contributed by atoms with Crippen LogP contribution in [0.1, 0.15) is 42.6 Å². The number of piperidine rings is 1. The minimum Gasteiger partial charge on any atom is -0.350 e. The summed E-state index contributed by atoms with van der Waals surface area (Å²) in [5, 5.41) is 14.7. The summed E-state index contributed by atoms with van der Waals surface area (Å²) in [6.07, 6.45) is 13.9.